The first kappa shape index (κ1) is 23.3. The molecular weight excluding hydrogens is 338 g/mol. The second-order valence-electron chi connectivity index (χ2n) is 7.51. The van der Waals surface area contributed by atoms with E-state index in [0.717, 1.165) is 12.8 Å². The summed E-state index contributed by atoms with van der Waals surface area (Å²) in [5, 5.41) is 9.18. The minimum absolute atomic E-state index is 0.139. The Kier molecular flexibility index (Phi) is 13.3. The van der Waals surface area contributed by atoms with Gasteiger partial charge in [-0.15, -0.1) is 0 Å². The van der Waals surface area contributed by atoms with Gasteiger partial charge in [0.25, 0.3) is 0 Å². The molecule has 0 heterocycles. The summed E-state index contributed by atoms with van der Waals surface area (Å²) in [5.41, 5.74) is 6.21. The molecule has 0 saturated heterocycles. The van der Waals surface area contributed by atoms with Crippen molar-refractivity contribution >= 4 is 11.7 Å². The Balaban J connectivity index is 1.93. The predicted molar refractivity (Wildman–Crippen MR) is 114 cm³/mol. The SMILES string of the molecule is CCCCCCCCCCCCCCCCOc1ccc(N)cc1C(=O)O. The number of carboxylic acids is 1. The largest absolute Gasteiger partial charge is 0.493 e. The number of anilines is 1. The van der Waals surface area contributed by atoms with Crippen molar-refractivity contribution in [1.82, 2.24) is 0 Å². The molecule has 0 aromatic heterocycles. The highest BCUT2D eigenvalue weighted by Crippen LogP contribution is 2.22. The van der Waals surface area contributed by atoms with Crippen molar-refractivity contribution in [3.05, 3.63) is 23.8 Å². The highest BCUT2D eigenvalue weighted by atomic mass is 16.5. The predicted octanol–water partition coefficient (Wildman–Crippen LogP) is 6.83. The summed E-state index contributed by atoms with van der Waals surface area (Å²) in [4.78, 5) is 11.2. The number of carbonyl (C=O) groups is 1. The molecule has 27 heavy (non-hydrogen) atoms. The summed E-state index contributed by atoms with van der Waals surface area (Å²) in [6, 6.07) is 4.76. The summed E-state index contributed by atoms with van der Waals surface area (Å²) >= 11 is 0. The molecule has 4 heteroatoms. The number of carboxylic acid groups (broad SMARTS) is 1. The average molecular weight is 378 g/mol. The van der Waals surface area contributed by atoms with E-state index in [-0.39, 0.29) is 5.56 Å². The van der Waals surface area contributed by atoms with Crippen molar-refractivity contribution in [3.63, 3.8) is 0 Å². The molecule has 0 fully saturated rings. The van der Waals surface area contributed by atoms with Gasteiger partial charge in [0.15, 0.2) is 0 Å². The molecule has 1 rings (SSSR count). The van der Waals surface area contributed by atoms with Crippen molar-refractivity contribution in [3.8, 4) is 5.75 Å². The maximum absolute atomic E-state index is 11.2. The molecule has 0 unspecified atom stereocenters. The third kappa shape index (κ3) is 11.6. The minimum atomic E-state index is -1.00. The fourth-order valence-corrected chi connectivity index (χ4v) is 3.32. The summed E-state index contributed by atoms with van der Waals surface area (Å²) in [7, 11) is 0. The van der Waals surface area contributed by atoms with E-state index in [2.05, 4.69) is 6.92 Å². The Labute approximate surface area is 165 Å². The van der Waals surface area contributed by atoms with Crippen LogP contribution in [0.2, 0.25) is 0 Å². The fraction of sp³-hybridized carbons (Fsp3) is 0.696. The zero-order valence-electron chi connectivity index (χ0n) is 17.2. The average Bonchev–Trinajstić information content (AvgIpc) is 2.65. The Bertz CT molecular complexity index is 516. The van der Waals surface area contributed by atoms with E-state index in [4.69, 9.17) is 10.5 Å². The number of hydrogen-bond acceptors (Lipinski definition) is 3. The number of unbranched alkanes of at least 4 members (excludes halogenated alkanes) is 13. The monoisotopic (exact) mass is 377 g/mol. The molecule has 0 atom stereocenters. The lowest BCUT2D eigenvalue weighted by Crippen LogP contribution is -2.05. The van der Waals surface area contributed by atoms with Crippen LogP contribution in [0.1, 0.15) is 107 Å². The van der Waals surface area contributed by atoms with E-state index in [1.54, 1.807) is 12.1 Å². The molecule has 0 spiro atoms. The van der Waals surface area contributed by atoms with E-state index in [0.29, 0.717) is 18.0 Å². The number of nitrogens with two attached hydrogens (primary N) is 1. The zero-order chi connectivity index (χ0) is 19.7. The molecule has 4 nitrogen and oxygen atoms in total. The van der Waals surface area contributed by atoms with Crippen LogP contribution in [0.4, 0.5) is 5.69 Å². The molecule has 154 valence electrons. The van der Waals surface area contributed by atoms with Gasteiger partial charge in [0.1, 0.15) is 11.3 Å². The van der Waals surface area contributed by atoms with Gasteiger partial charge in [0.2, 0.25) is 0 Å². The van der Waals surface area contributed by atoms with Gasteiger partial charge in [-0.05, 0) is 24.6 Å². The Hall–Kier alpha value is -1.71. The van der Waals surface area contributed by atoms with E-state index < -0.39 is 5.97 Å². The Morgan fingerprint density at radius 1 is 0.852 bits per heavy atom. The van der Waals surface area contributed by atoms with Crippen LogP contribution in [-0.2, 0) is 0 Å². The quantitative estimate of drug-likeness (QED) is 0.230. The van der Waals surface area contributed by atoms with Gasteiger partial charge in [-0.1, -0.05) is 90.4 Å². The highest BCUT2D eigenvalue weighted by molar-refractivity contribution is 5.92. The van der Waals surface area contributed by atoms with Crippen LogP contribution in [-0.4, -0.2) is 17.7 Å². The number of aromatic carboxylic acids is 1. The summed E-state index contributed by atoms with van der Waals surface area (Å²) < 4.78 is 5.62. The van der Waals surface area contributed by atoms with Crippen molar-refractivity contribution in [2.75, 3.05) is 12.3 Å². The van der Waals surface area contributed by atoms with Crippen molar-refractivity contribution in [2.24, 2.45) is 0 Å². The molecule has 1 aromatic rings. The molecule has 0 amide bonds. The first-order valence-electron chi connectivity index (χ1n) is 10.9. The second-order valence-corrected chi connectivity index (χ2v) is 7.51. The fourth-order valence-electron chi connectivity index (χ4n) is 3.32. The summed E-state index contributed by atoms with van der Waals surface area (Å²) in [6.07, 6.45) is 18.5. The maximum Gasteiger partial charge on any atom is 0.339 e. The lowest BCUT2D eigenvalue weighted by Gasteiger charge is -2.09. The van der Waals surface area contributed by atoms with Gasteiger partial charge in [-0.25, -0.2) is 4.79 Å². The van der Waals surface area contributed by atoms with Crippen LogP contribution < -0.4 is 10.5 Å². The zero-order valence-corrected chi connectivity index (χ0v) is 17.2. The third-order valence-corrected chi connectivity index (χ3v) is 4.99. The van der Waals surface area contributed by atoms with Crippen molar-refractivity contribution in [2.45, 2.75) is 96.8 Å². The molecule has 0 aliphatic rings. The van der Waals surface area contributed by atoms with Gasteiger partial charge >= 0.3 is 5.97 Å². The van der Waals surface area contributed by atoms with Gasteiger partial charge < -0.3 is 15.6 Å². The lowest BCUT2D eigenvalue weighted by atomic mass is 10.0. The van der Waals surface area contributed by atoms with E-state index >= 15 is 0 Å². The van der Waals surface area contributed by atoms with E-state index in [1.165, 1.54) is 83.1 Å². The number of hydrogen-bond donors (Lipinski definition) is 2. The van der Waals surface area contributed by atoms with Gasteiger partial charge in [-0.3, -0.25) is 0 Å². The number of nitrogen functional groups attached to an aromatic ring is 1. The second kappa shape index (κ2) is 15.4. The standard InChI is InChI=1S/C23H39NO3/c1-2-3-4-5-6-7-8-9-10-11-12-13-14-15-18-27-22-17-16-20(24)19-21(22)23(25)26/h16-17,19H,2-15,18,24H2,1H3,(H,25,26). The Morgan fingerprint density at radius 2 is 1.33 bits per heavy atom. The summed E-state index contributed by atoms with van der Waals surface area (Å²) in [6.45, 7) is 2.82. The van der Waals surface area contributed by atoms with Gasteiger partial charge in [0.05, 0.1) is 6.61 Å². The van der Waals surface area contributed by atoms with Crippen molar-refractivity contribution in [1.29, 1.82) is 0 Å². The normalized spacial score (nSPS) is 10.9. The van der Waals surface area contributed by atoms with Crippen LogP contribution in [0.5, 0.6) is 5.75 Å². The molecule has 0 radical (unpaired) electrons. The third-order valence-electron chi connectivity index (χ3n) is 4.99. The number of ether oxygens (including phenoxy) is 1. The Morgan fingerprint density at radius 3 is 1.81 bits per heavy atom. The highest BCUT2D eigenvalue weighted by Gasteiger charge is 2.11. The molecule has 0 aliphatic carbocycles. The van der Waals surface area contributed by atoms with Gasteiger partial charge in [-0.2, -0.15) is 0 Å². The number of benzene rings is 1. The van der Waals surface area contributed by atoms with Crippen LogP contribution >= 0.6 is 0 Å². The van der Waals surface area contributed by atoms with Crippen LogP contribution in [0.25, 0.3) is 0 Å². The smallest absolute Gasteiger partial charge is 0.339 e. The van der Waals surface area contributed by atoms with Crippen LogP contribution in [0.15, 0.2) is 18.2 Å². The van der Waals surface area contributed by atoms with E-state index in [9.17, 15) is 9.90 Å². The maximum atomic E-state index is 11.2. The minimum Gasteiger partial charge on any atom is -0.493 e. The topological polar surface area (TPSA) is 72.5 Å². The van der Waals surface area contributed by atoms with Crippen LogP contribution in [0.3, 0.4) is 0 Å². The molecule has 0 aliphatic heterocycles. The van der Waals surface area contributed by atoms with Crippen molar-refractivity contribution < 1.29 is 14.6 Å². The molecular formula is C23H39NO3. The summed E-state index contributed by atoms with van der Waals surface area (Å²) in [5.74, 6) is -0.593. The molecule has 0 bridgehead atoms. The van der Waals surface area contributed by atoms with Crippen LogP contribution in [0, 0.1) is 0 Å². The lowest BCUT2D eigenvalue weighted by molar-refractivity contribution is 0.0692. The molecule has 1 aromatic carbocycles. The number of rotatable bonds is 17. The molecule has 0 saturated carbocycles. The first-order valence-corrected chi connectivity index (χ1v) is 10.9. The van der Waals surface area contributed by atoms with E-state index in [1.807, 2.05) is 0 Å². The molecule has 3 N–H and O–H groups in total. The first-order chi connectivity index (χ1) is 13.1. The van der Waals surface area contributed by atoms with Gasteiger partial charge in [0, 0.05) is 5.69 Å².